The molecule has 2 aromatic heterocycles. The number of aliphatic hydroxyl groups is 1. The second-order valence-electron chi connectivity index (χ2n) is 8.56. The SMILES string of the molecule is CN(C)C(=O)C(=O)c1snc2nc(Cl)c(C(=O)N3CCC(O)(Cc4ccc(F)cc4)CC3)cc12. The number of halogens is 2. The molecule has 8 nitrogen and oxygen atoms in total. The Hall–Kier alpha value is -2.95. The van der Waals surface area contributed by atoms with Gasteiger partial charge in [-0.2, -0.15) is 4.37 Å². The molecule has 1 saturated heterocycles. The van der Waals surface area contributed by atoms with Crippen LogP contribution in [0.25, 0.3) is 11.0 Å². The number of likely N-dealkylation sites (N-methyl/N-ethyl adjacent to an activating group) is 1. The smallest absolute Gasteiger partial charge is 0.295 e. The molecule has 3 heterocycles. The van der Waals surface area contributed by atoms with Crippen LogP contribution in [0.15, 0.2) is 30.3 Å². The fourth-order valence-electron chi connectivity index (χ4n) is 3.93. The number of piperidine rings is 1. The van der Waals surface area contributed by atoms with Gasteiger partial charge in [-0.25, -0.2) is 9.37 Å². The van der Waals surface area contributed by atoms with Crippen molar-refractivity contribution in [2.45, 2.75) is 24.9 Å². The number of ketones is 1. The van der Waals surface area contributed by atoms with Crippen LogP contribution in [0, 0.1) is 5.82 Å². The van der Waals surface area contributed by atoms with Gasteiger partial charge in [0.2, 0.25) is 0 Å². The molecule has 1 N–H and O–H groups in total. The van der Waals surface area contributed by atoms with Crippen LogP contribution in [-0.4, -0.2) is 74.6 Å². The molecule has 3 aromatic rings. The molecular weight excluding hydrogens is 483 g/mol. The average Bonchev–Trinajstić information content (AvgIpc) is 3.21. The summed E-state index contributed by atoms with van der Waals surface area (Å²) in [6.07, 6.45) is 1.03. The van der Waals surface area contributed by atoms with Crippen molar-refractivity contribution in [1.82, 2.24) is 19.2 Å². The monoisotopic (exact) mass is 504 g/mol. The first kappa shape index (κ1) is 24.2. The molecule has 0 aliphatic carbocycles. The highest BCUT2D eigenvalue weighted by molar-refractivity contribution is 7.10. The number of Topliss-reactive ketones (excluding diaryl/α,β-unsaturated/α-hetero) is 1. The zero-order valence-corrected chi connectivity index (χ0v) is 20.1. The minimum atomic E-state index is -1.01. The Morgan fingerprint density at radius 3 is 2.47 bits per heavy atom. The Balaban J connectivity index is 1.52. The maximum Gasteiger partial charge on any atom is 0.295 e. The van der Waals surface area contributed by atoms with Crippen molar-refractivity contribution in [2.75, 3.05) is 27.2 Å². The van der Waals surface area contributed by atoms with E-state index in [1.807, 2.05) is 0 Å². The summed E-state index contributed by atoms with van der Waals surface area (Å²) in [5.74, 6) is -2.16. The van der Waals surface area contributed by atoms with Crippen molar-refractivity contribution in [3.8, 4) is 0 Å². The van der Waals surface area contributed by atoms with Gasteiger partial charge < -0.3 is 14.9 Å². The lowest BCUT2D eigenvalue weighted by atomic mass is 9.85. The van der Waals surface area contributed by atoms with Crippen LogP contribution in [0.5, 0.6) is 0 Å². The lowest BCUT2D eigenvalue weighted by Gasteiger charge is -2.38. The first-order valence-corrected chi connectivity index (χ1v) is 11.7. The molecule has 1 aliphatic rings. The van der Waals surface area contributed by atoms with Gasteiger partial charge in [0.05, 0.1) is 11.2 Å². The van der Waals surface area contributed by atoms with Crippen LogP contribution >= 0.6 is 23.1 Å². The van der Waals surface area contributed by atoms with Crippen LogP contribution in [0.2, 0.25) is 5.15 Å². The highest BCUT2D eigenvalue weighted by Gasteiger charge is 2.35. The molecule has 1 fully saturated rings. The number of aromatic nitrogens is 2. The van der Waals surface area contributed by atoms with Crippen molar-refractivity contribution in [2.24, 2.45) is 0 Å². The van der Waals surface area contributed by atoms with E-state index in [9.17, 15) is 23.9 Å². The van der Waals surface area contributed by atoms with E-state index in [1.165, 1.54) is 37.2 Å². The molecule has 11 heteroatoms. The third-order valence-electron chi connectivity index (χ3n) is 5.89. The molecule has 0 spiro atoms. The molecule has 0 saturated carbocycles. The number of amides is 2. The maximum atomic E-state index is 13.2. The van der Waals surface area contributed by atoms with Gasteiger partial charge in [-0.1, -0.05) is 23.7 Å². The Morgan fingerprint density at radius 2 is 1.85 bits per heavy atom. The molecule has 0 radical (unpaired) electrons. The van der Waals surface area contributed by atoms with Crippen molar-refractivity contribution in [1.29, 1.82) is 0 Å². The van der Waals surface area contributed by atoms with E-state index in [0.717, 1.165) is 17.1 Å². The molecular formula is C23H22ClFN4O4S. The van der Waals surface area contributed by atoms with Crippen LogP contribution < -0.4 is 0 Å². The number of fused-ring (bicyclic) bond motifs is 1. The summed E-state index contributed by atoms with van der Waals surface area (Å²) >= 11 is 7.09. The standard InChI is InChI=1S/C23H22ClFN4O4S/c1-28(2)22(32)17(30)18-15-11-16(19(24)26-20(15)27-34-18)21(31)29-9-7-23(33,8-10-29)12-13-3-5-14(25)6-4-13/h3-6,11,33H,7-10,12H2,1-2H3. The largest absolute Gasteiger partial charge is 0.389 e. The summed E-state index contributed by atoms with van der Waals surface area (Å²) in [7, 11) is 2.95. The number of benzene rings is 1. The molecule has 1 aromatic carbocycles. The minimum absolute atomic E-state index is 0.0483. The minimum Gasteiger partial charge on any atom is -0.389 e. The van der Waals surface area contributed by atoms with Gasteiger partial charge >= 0.3 is 0 Å². The summed E-state index contributed by atoms with van der Waals surface area (Å²) in [6, 6.07) is 7.44. The van der Waals surface area contributed by atoms with Gasteiger partial charge in [0.1, 0.15) is 15.8 Å². The first-order valence-electron chi connectivity index (χ1n) is 10.6. The number of hydrogen-bond donors (Lipinski definition) is 1. The number of nitrogens with zero attached hydrogens (tertiary/aromatic N) is 4. The van der Waals surface area contributed by atoms with E-state index in [4.69, 9.17) is 11.6 Å². The predicted octanol–water partition coefficient (Wildman–Crippen LogP) is 2.96. The van der Waals surface area contributed by atoms with Crippen molar-refractivity contribution in [3.63, 3.8) is 0 Å². The lowest BCUT2D eigenvalue weighted by Crippen LogP contribution is -2.47. The lowest BCUT2D eigenvalue weighted by molar-refractivity contribution is -0.124. The number of pyridine rings is 1. The maximum absolute atomic E-state index is 13.2. The fourth-order valence-corrected chi connectivity index (χ4v) is 4.88. The number of rotatable bonds is 5. The summed E-state index contributed by atoms with van der Waals surface area (Å²) in [5.41, 5.74) is 0.0959. The molecule has 4 rings (SSSR count). The normalized spacial score (nSPS) is 15.4. The Bertz CT molecular complexity index is 1270. The summed E-state index contributed by atoms with van der Waals surface area (Å²) in [6.45, 7) is 0.579. The molecule has 2 amide bonds. The molecule has 0 atom stereocenters. The third kappa shape index (κ3) is 4.79. The summed E-state index contributed by atoms with van der Waals surface area (Å²) in [5, 5.41) is 11.2. The van der Waals surface area contributed by atoms with Crippen molar-refractivity contribution in [3.05, 3.63) is 57.3 Å². The Kier molecular flexibility index (Phi) is 6.66. The molecule has 178 valence electrons. The number of hydrogen-bond acceptors (Lipinski definition) is 7. The van der Waals surface area contributed by atoms with Crippen LogP contribution in [0.4, 0.5) is 4.39 Å². The Labute approximate surface area is 204 Å². The zero-order chi connectivity index (χ0) is 24.6. The fraction of sp³-hybridized carbons (Fsp3) is 0.348. The van der Waals surface area contributed by atoms with Gasteiger partial charge in [0, 0.05) is 39.0 Å². The van der Waals surface area contributed by atoms with Crippen molar-refractivity contribution < 1.29 is 23.9 Å². The second kappa shape index (κ2) is 9.36. The molecule has 0 unspecified atom stereocenters. The highest BCUT2D eigenvalue weighted by Crippen LogP contribution is 2.30. The first-order chi connectivity index (χ1) is 16.1. The topological polar surface area (TPSA) is 104 Å². The van der Waals surface area contributed by atoms with Gasteiger partial charge in [-0.3, -0.25) is 14.4 Å². The second-order valence-corrected chi connectivity index (χ2v) is 9.69. The number of carbonyl (C=O) groups is 3. The third-order valence-corrected chi connectivity index (χ3v) is 7.03. The van der Waals surface area contributed by atoms with Gasteiger partial charge in [0.25, 0.3) is 17.6 Å². The predicted molar refractivity (Wildman–Crippen MR) is 126 cm³/mol. The van der Waals surface area contributed by atoms with Crippen LogP contribution in [0.3, 0.4) is 0 Å². The van der Waals surface area contributed by atoms with E-state index in [1.54, 1.807) is 17.0 Å². The molecule has 0 bridgehead atoms. The number of likely N-dealkylation sites (tertiary alicyclic amines) is 1. The van der Waals surface area contributed by atoms with Gasteiger partial charge in [-0.05, 0) is 48.1 Å². The van der Waals surface area contributed by atoms with E-state index >= 15 is 0 Å². The Morgan fingerprint density at radius 1 is 1.21 bits per heavy atom. The van der Waals surface area contributed by atoms with E-state index in [0.29, 0.717) is 24.6 Å². The number of carbonyl (C=O) groups excluding carboxylic acids is 3. The quantitative estimate of drug-likeness (QED) is 0.325. The van der Waals surface area contributed by atoms with Crippen LogP contribution in [0.1, 0.15) is 38.4 Å². The molecule has 34 heavy (non-hydrogen) atoms. The van der Waals surface area contributed by atoms with E-state index in [-0.39, 0.29) is 46.1 Å². The van der Waals surface area contributed by atoms with E-state index < -0.39 is 17.3 Å². The van der Waals surface area contributed by atoms with Gasteiger partial charge in [0.15, 0.2) is 5.65 Å². The van der Waals surface area contributed by atoms with Gasteiger partial charge in [-0.15, -0.1) is 0 Å². The van der Waals surface area contributed by atoms with Crippen molar-refractivity contribution >= 4 is 51.8 Å². The summed E-state index contributed by atoms with van der Waals surface area (Å²) in [4.78, 5) is 44.9. The zero-order valence-electron chi connectivity index (χ0n) is 18.5. The van der Waals surface area contributed by atoms with Crippen LogP contribution in [-0.2, 0) is 11.2 Å². The average molecular weight is 505 g/mol. The highest BCUT2D eigenvalue weighted by atomic mass is 35.5. The molecule has 1 aliphatic heterocycles. The van der Waals surface area contributed by atoms with E-state index in [2.05, 4.69) is 9.36 Å². The summed E-state index contributed by atoms with van der Waals surface area (Å²) < 4.78 is 17.2.